The molecule has 1 aromatic rings. The highest BCUT2D eigenvalue weighted by molar-refractivity contribution is 6.07. The minimum Gasteiger partial charge on any atom is -0.462 e. The van der Waals surface area contributed by atoms with Gasteiger partial charge in [0.25, 0.3) is 0 Å². The zero-order chi connectivity index (χ0) is 20.3. The van der Waals surface area contributed by atoms with Gasteiger partial charge in [-0.25, -0.2) is 9.18 Å². The van der Waals surface area contributed by atoms with Crippen molar-refractivity contribution in [3.63, 3.8) is 0 Å². The van der Waals surface area contributed by atoms with Crippen molar-refractivity contribution >= 4 is 17.7 Å². The monoisotopic (exact) mass is 375 g/mol. The van der Waals surface area contributed by atoms with E-state index in [1.165, 1.54) is 12.1 Å². The topological polar surface area (TPSA) is 65.0 Å². The van der Waals surface area contributed by atoms with E-state index >= 15 is 0 Å². The quantitative estimate of drug-likeness (QED) is 0.724. The van der Waals surface area contributed by atoms with E-state index in [0.29, 0.717) is 22.5 Å². The smallest absolute Gasteiger partial charge is 0.336 e. The second-order valence-corrected chi connectivity index (χ2v) is 7.20. The van der Waals surface area contributed by atoms with Gasteiger partial charge < -0.3 is 9.47 Å². The first kappa shape index (κ1) is 20.8. The number of allylic oxidation sites excluding steroid dienone is 1. The van der Waals surface area contributed by atoms with Crippen LogP contribution in [0.3, 0.4) is 0 Å². The van der Waals surface area contributed by atoms with Gasteiger partial charge in [-0.15, -0.1) is 0 Å². The number of aliphatic imine (C=N–C) groups is 1. The van der Waals surface area contributed by atoms with E-state index in [-0.39, 0.29) is 12.2 Å². The van der Waals surface area contributed by atoms with E-state index in [2.05, 4.69) is 4.99 Å². The highest BCUT2D eigenvalue weighted by Crippen LogP contribution is 2.40. The van der Waals surface area contributed by atoms with Crippen molar-refractivity contribution in [1.29, 1.82) is 0 Å². The number of carbonyl (C=O) groups excluding carboxylic acids is 2. The highest BCUT2D eigenvalue weighted by Gasteiger charge is 2.42. The number of carbonyl (C=O) groups is 2. The fourth-order valence-corrected chi connectivity index (χ4v) is 3.22. The number of nitrogens with zero attached hydrogens (tertiary/aromatic N) is 1. The normalized spacial score (nSPS) is 20.0. The number of rotatable bonds is 5. The maximum atomic E-state index is 13.4. The van der Waals surface area contributed by atoms with E-state index in [1.54, 1.807) is 53.7 Å². The summed E-state index contributed by atoms with van der Waals surface area (Å²) in [4.78, 5) is 30.0. The molecule has 0 saturated carbocycles. The molecular weight excluding hydrogens is 349 g/mol. The van der Waals surface area contributed by atoms with Crippen molar-refractivity contribution < 1.29 is 23.5 Å². The Bertz CT molecular complexity index is 778. The molecule has 146 valence electrons. The summed E-state index contributed by atoms with van der Waals surface area (Å²) in [5.41, 5.74) is 1.97. The van der Waals surface area contributed by atoms with E-state index in [9.17, 15) is 14.0 Å². The molecule has 0 aliphatic carbocycles. The largest absolute Gasteiger partial charge is 0.462 e. The second-order valence-electron chi connectivity index (χ2n) is 7.20. The molecule has 1 aromatic carbocycles. The Morgan fingerprint density at radius 1 is 1.00 bits per heavy atom. The SMILES string of the molecule is CC1=NC(C)=C(C(=O)OC(C)C)[C@@H](c2ccc(F)cc2)C1C(=O)OC(C)C. The molecule has 2 atom stereocenters. The molecule has 1 heterocycles. The van der Waals surface area contributed by atoms with Crippen molar-refractivity contribution in [1.82, 2.24) is 0 Å². The minimum atomic E-state index is -0.781. The van der Waals surface area contributed by atoms with Gasteiger partial charge in [-0.3, -0.25) is 9.79 Å². The standard InChI is InChI=1S/C21H26FNO4/c1-11(2)26-20(24)17-13(5)23-14(6)18(21(25)27-12(3)4)19(17)15-7-9-16(22)10-8-15/h7-12,17,19H,1-6H3/t17?,19-/m0/s1. The Hall–Kier alpha value is -2.50. The van der Waals surface area contributed by atoms with Gasteiger partial charge in [0.05, 0.1) is 17.8 Å². The molecule has 0 aromatic heterocycles. The predicted octanol–water partition coefficient (Wildman–Crippen LogP) is 4.18. The number of ether oxygens (including phenoxy) is 2. The average molecular weight is 375 g/mol. The molecule has 0 saturated heterocycles. The first-order chi connectivity index (χ1) is 12.6. The lowest BCUT2D eigenvalue weighted by atomic mass is 9.75. The summed E-state index contributed by atoms with van der Waals surface area (Å²) in [5, 5.41) is 0. The van der Waals surface area contributed by atoms with Gasteiger partial charge in [-0.2, -0.15) is 0 Å². The van der Waals surface area contributed by atoms with Crippen molar-refractivity contribution in [2.24, 2.45) is 10.9 Å². The van der Waals surface area contributed by atoms with Gasteiger partial charge >= 0.3 is 11.9 Å². The molecule has 27 heavy (non-hydrogen) atoms. The second kappa shape index (κ2) is 8.46. The molecule has 5 nitrogen and oxygen atoms in total. The van der Waals surface area contributed by atoms with E-state index in [0.717, 1.165) is 0 Å². The van der Waals surface area contributed by atoms with Crippen LogP contribution in [0.5, 0.6) is 0 Å². The van der Waals surface area contributed by atoms with Crippen LogP contribution < -0.4 is 0 Å². The fraction of sp³-hybridized carbons (Fsp3) is 0.476. The maximum Gasteiger partial charge on any atom is 0.336 e. The Kier molecular flexibility index (Phi) is 6.52. The zero-order valence-electron chi connectivity index (χ0n) is 16.6. The molecule has 0 fully saturated rings. The van der Waals surface area contributed by atoms with Gasteiger partial charge in [0.15, 0.2) is 0 Å². The summed E-state index contributed by atoms with van der Waals surface area (Å²) in [6.45, 7) is 10.5. The molecule has 6 heteroatoms. The lowest BCUT2D eigenvalue weighted by molar-refractivity contribution is -0.150. The third-order valence-electron chi connectivity index (χ3n) is 4.23. The van der Waals surface area contributed by atoms with Crippen LogP contribution in [-0.2, 0) is 19.1 Å². The minimum absolute atomic E-state index is 0.298. The summed E-state index contributed by atoms with van der Waals surface area (Å²) in [6, 6.07) is 5.76. The van der Waals surface area contributed by atoms with Crippen molar-refractivity contribution in [2.75, 3.05) is 0 Å². The summed E-state index contributed by atoms with van der Waals surface area (Å²) in [5.74, 6) is -2.83. The van der Waals surface area contributed by atoms with Gasteiger partial charge in [-0.1, -0.05) is 12.1 Å². The molecular formula is C21H26FNO4. The molecule has 0 amide bonds. The van der Waals surface area contributed by atoms with Crippen LogP contribution in [0.1, 0.15) is 53.0 Å². The summed E-state index contributed by atoms with van der Waals surface area (Å²) >= 11 is 0. The molecule has 1 unspecified atom stereocenters. The van der Waals surface area contributed by atoms with Crippen LogP contribution in [0.15, 0.2) is 40.5 Å². The number of esters is 2. The van der Waals surface area contributed by atoms with Gasteiger partial charge in [0, 0.05) is 17.3 Å². The van der Waals surface area contributed by atoms with Crippen molar-refractivity contribution in [2.45, 2.75) is 59.7 Å². The van der Waals surface area contributed by atoms with Crippen LogP contribution in [0.2, 0.25) is 0 Å². The summed E-state index contributed by atoms with van der Waals surface area (Å²) in [7, 11) is 0. The lowest BCUT2D eigenvalue weighted by Gasteiger charge is -2.32. The van der Waals surface area contributed by atoms with Crippen molar-refractivity contribution in [3.8, 4) is 0 Å². The Balaban J connectivity index is 2.59. The fourth-order valence-electron chi connectivity index (χ4n) is 3.22. The first-order valence-electron chi connectivity index (χ1n) is 9.04. The van der Waals surface area contributed by atoms with Crippen LogP contribution in [0, 0.1) is 11.7 Å². The van der Waals surface area contributed by atoms with E-state index in [1.807, 2.05) is 0 Å². The number of halogens is 1. The zero-order valence-corrected chi connectivity index (χ0v) is 16.6. The third-order valence-corrected chi connectivity index (χ3v) is 4.23. The number of hydrogen-bond acceptors (Lipinski definition) is 5. The van der Waals surface area contributed by atoms with Crippen molar-refractivity contribution in [3.05, 3.63) is 46.9 Å². The number of hydrogen-bond donors (Lipinski definition) is 0. The summed E-state index contributed by atoms with van der Waals surface area (Å²) < 4.78 is 24.2. The van der Waals surface area contributed by atoms with Crippen LogP contribution >= 0.6 is 0 Å². The predicted molar refractivity (Wildman–Crippen MR) is 101 cm³/mol. The molecule has 2 rings (SSSR count). The van der Waals surface area contributed by atoms with E-state index < -0.39 is 29.6 Å². The first-order valence-corrected chi connectivity index (χ1v) is 9.04. The van der Waals surface area contributed by atoms with Gasteiger partial charge in [-0.05, 0) is 59.2 Å². The molecule has 0 spiro atoms. The Morgan fingerprint density at radius 3 is 2.07 bits per heavy atom. The average Bonchev–Trinajstić information content (AvgIpc) is 2.53. The van der Waals surface area contributed by atoms with E-state index in [4.69, 9.17) is 9.47 Å². The van der Waals surface area contributed by atoms with Gasteiger partial charge in [0.1, 0.15) is 11.7 Å². The van der Waals surface area contributed by atoms with Crippen LogP contribution in [-0.4, -0.2) is 29.9 Å². The van der Waals surface area contributed by atoms with Gasteiger partial charge in [0.2, 0.25) is 0 Å². The Labute approximate surface area is 159 Å². The number of benzene rings is 1. The highest BCUT2D eigenvalue weighted by atomic mass is 19.1. The maximum absolute atomic E-state index is 13.4. The Morgan fingerprint density at radius 2 is 1.56 bits per heavy atom. The van der Waals surface area contributed by atoms with Crippen LogP contribution in [0.25, 0.3) is 0 Å². The molecule has 0 N–H and O–H groups in total. The summed E-state index contributed by atoms with van der Waals surface area (Å²) in [6.07, 6.45) is -0.628. The molecule has 1 aliphatic heterocycles. The third kappa shape index (κ3) is 4.81. The molecule has 1 aliphatic rings. The lowest BCUT2D eigenvalue weighted by Crippen LogP contribution is -2.37. The van der Waals surface area contributed by atoms with Crippen LogP contribution in [0.4, 0.5) is 4.39 Å². The molecule has 0 bridgehead atoms. The molecule has 0 radical (unpaired) electrons.